The second-order valence-electron chi connectivity index (χ2n) is 11.8. The van der Waals surface area contributed by atoms with Crippen molar-refractivity contribution in [2.75, 3.05) is 13.2 Å². The molecular formula is C35H41N3O4. The summed E-state index contributed by atoms with van der Waals surface area (Å²) < 4.78 is 11.1. The molecule has 0 amide bonds. The third-order valence-electron chi connectivity index (χ3n) is 7.67. The molecule has 0 aliphatic carbocycles. The van der Waals surface area contributed by atoms with Gasteiger partial charge in [-0.25, -0.2) is 15.0 Å². The van der Waals surface area contributed by atoms with E-state index >= 15 is 0 Å². The Hall–Kier alpha value is -4.26. The number of aryl methyl sites for hydroxylation is 6. The van der Waals surface area contributed by atoms with Gasteiger partial charge in [0.2, 0.25) is 0 Å². The zero-order valence-electron chi connectivity index (χ0n) is 26.2. The minimum atomic E-state index is -0.534. The monoisotopic (exact) mass is 567 g/mol. The fourth-order valence-electron chi connectivity index (χ4n) is 5.21. The molecule has 0 unspecified atom stereocenters. The Balaban J connectivity index is 1.72. The number of rotatable bonds is 9. The van der Waals surface area contributed by atoms with E-state index in [2.05, 4.69) is 65.8 Å². The smallest absolute Gasteiger partial charge is 0.311 e. The highest BCUT2D eigenvalue weighted by molar-refractivity contribution is 5.76. The molecule has 1 heterocycles. The van der Waals surface area contributed by atoms with Gasteiger partial charge in [0.1, 0.15) is 24.7 Å². The number of benzene rings is 3. The van der Waals surface area contributed by atoms with Crippen LogP contribution in [0.5, 0.6) is 11.5 Å². The molecule has 0 saturated carbocycles. The second-order valence-corrected chi connectivity index (χ2v) is 11.8. The Labute approximate surface area is 249 Å². The number of phenolic OH excluding ortho intramolecular Hbond substituents is 1. The summed E-state index contributed by atoms with van der Waals surface area (Å²) in [7, 11) is 0. The van der Waals surface area contributed by atoms with Crippen LogP contribution in [-0.2, 0) is 9.53 Å². The molecule has 3 aromatic carbocycles. The lowest BCUT2D eigenvalue weighted by Gasteiger charge is -2.20. The van der Waals surface area contributed by atoms with Crippen molar-refractivity contribution in [1.82, 2.24) is 15.0 Å². The lowest BCUT2D eigenvalue weighted by molar-refractivity contribution is -0.154. The van der Waals surface area contributed by atoms with Crippen LogP contribution in [0.25, 0.3) is 34.2 Å². The number of carbonyl (C=O) groups excluding carboxylic acids is 1. The fraction of sp³-hybridized carbons (Fsp3) is 0.371. The third kappa shape index (κ3) is 6.62. The van der Waals surface area contributed by atoms with E-state index in [1.807, 2.05) is 20.8 Å². The van der Waals surface area contributed by atoms with Gasteiger partial charge in [-0.1, -0.05) is 42.3 Å². The van der Waals surface area contributed by atoms with E-state index in [0.717, 1.165) is 33.4 Å². The molecule has 1 aromatic heterocycles. The summed E-state index contributed by atoms with van der Waals surface area (Å²) >= 11 is 0. The first-order valence-corrected chi connectivity index (χ1v) is 14.4. The van der Waals surface area contributed by atoms with Gasteiger partial charge < -0.3 is 14.6 Å². The van der Waals surface area contributed by atoms with Crippen LogP contribution in [0, 0.1) is 47.0 Å². The Kier molecular flexibility index (Phi) is 9.00. The highest BCUT2D eigenvalue weighted by Gasteiger charge is 2.27. The third-order valence-corrected chi connectivity index (χ3v) is 7.67. The van der Waals surface area contributed by atoms with Gasteiger partial charge in [0.05, 0.1) is 11.0 Å². The first kappa shape index (κ1) is 30.7. The highest BCUT2D eigenvalue weighted by Crippen LogP contribution is 2.35. The van der Waals surface area contributed by atoms with Crippen LogP contribution >= 0.6 is 0 Å². The molecule has 0 aliphatic heterocycles. The van der Waals surface area contributed by atoms with Crippen molar-refractivity contribution in [2.24, 2.45) is 5.41 Å². The largest absolute Gasteiger partial charge is 0.507 e. The number of hydrogen-bond donors (Lipinski definition) is 1. The summed E-state index contributed by atoms with van der Waals surface area (Å²) in [5.74, 6) is 1.66. The molecule has 1 N–H and O–H groups in total. The standard InChI is InChI=1S/C35H41N3O4/c1-10-35(8,9)34(40)42-14-13-41-26-11-12-27(28(39)19-26)31-36-32(29-22(4)15-20(2)16-23(29)5)38-33(37-31)30-24(6)17-21(3)18-25(30)7/h11-12,15-19,39H,10,13-14H2,1-9H3. The van der Waals surface area contributed by atoms with E-state index < -0.39 is 5.41 Å². The van der Waals surface area contributed by atoms with Gasteiger partial charge >= 0.3 is 5.97 Å². The molecule has 4 aromatic rings. The minimum absolute atomic E-state index is 0.0191. The van der Waals surface area contributed by atoms with E-state index in [1.54, 1.807) is 12.1 Å². The van der Waals surface area contributed by atoms with E-state index in [4.69, 9.17) is 24.4 Å². The van der Waals surface area contributed by atoms with Crippen molar-refractivity contribution in [3.05, 3.63) is 75.8 Å². The summed E-state index contributed by atoms with van der Waals surface area (Å²) in [5.41, 5.74) is 8.47. The molecular weight excluding hydrogens is 526 g/mol. The quantitative estimate of drug-likeness (QED) is 0.163. The number of nitrogens with zero attached hydrogens (tertiary/aromatic N) is 3. The van der Waals surface area contributed by atoms with E-state index in [1.165, 1.54) is 17.2 Å². The molecule has 0 radical (unpaired) electrons. The molecule has 0 spiro atoms. The number of hydrogen-bond acceptors (Lipinski definition) is 7. The normalized spacial score (nSPS) is 11.5. The van der Waals surface area contributed by atoms with Crippen LogP contribution in [0.2, 0.25) is 0 Å². The second kappa shape index (κ2) is 12.3. The van der Waals surface area contributed by atoms with Gasteiger partial charge in [-0.3, -0.25) is 4.79 Å². The van der Waals surface area contributed by atoms with Crippen molar-refractivity contribution >= 4 is 5.97 Å². The van der Waals surface area contributed by atoms with E-state index in [9.17, 15) is 9.90 Å². The topological polar surface area (TPSA) is 94.4 Å². The van der Waals surface area contributed by atoms with Crippen molar-refractivity contribution in [2.45, 2.75) is 68.7 Å². The maximum absolute atomic E-state index is 12.2. The van der Waals surface area contributed by atoms with Gasteiger partial charge in [-0.15, -0.1) is 0 Å². The highest BCUT2D eigenvalue weighted by atomic mass is 16.6. The molecule has 7 heteroatoms. The lowest BCUT2D eigenvalue weighted by Crippen LogP contribution is -2.27. The Morgan fingerprint density at radius 2 is 1.21 bits per heavy atom. The SMILES string of the molecule is CCC(C)(C)C(=O)OCCOc1ccc(-c2nc(-c3c(C)cc(C)cc3C)nc(-c3c(C)cc(C)cc3C)n2)c(O)c1. The molecule has 0 atom stereocenters. The van der Waals surface area contributed by atoms with Gasteiger partial charge in [-0.2, -0.15) is 0 Å². The van der Waals surface area contributed by atoms with Crippen LogP contribution < -0.4 is 4.74 Å². The maximum atomic E-state index is 12.2. The van der Waals surface area contributed by atoms with E-state index in [-0.39, 0.29) is 24.9 Å². The minimum Gasteiger partial charge on any atom is -0.507 e. The van der Waals surface area contributed by atoms with Crippen molar-refractivity contribution in [1.29, 1.82) is 0 Å². The van der Waals surface area contributed by atoms with Gasteiger partial charge in [0.25, 0.3) is 0 Å². The summed E-state index contributed by atoms with van der Waals surface area (Å²) in [6.07, 6.45) is 0.689. The number of aromatic nitrogens is 3. The van der Waals surface area contributed by atoms with Crippen LogP contribution in [0.1, 0.15) is 60.6 Å². The molecule has 42 heavy (non-hydrogen) atoms. The Morgan fingerprint density at radius 1 is 0.738 bits per heavy atom. The summed E-state index contributed by atoms with van der Waals surface area (Å²) in [5, 5.41) is 11.1. The summed E-state index contributed by atoms with van der Waals surface area (Å²) in [6, 6.07) is 13.5. The summed E-state index contributed by atoms with van der Waals surface area (Å²) in [6.45, 7) is 18.3. The van der Waals surface area contributed by atoms with Crippen LogP contribution in [0.3, 0.4) is 0 Å². The molecule has 0 saturated heterocycles. The number of carbonyl (C=O) groups is 1. The van der Waals surface area contributed by atoms with Gasteiger partial charge in [0, 0.05) is 17.2 Å². The van der Waals surface area contributed by atoms with Crippen LogP contribution in [-0.4, -0.2) is 39.2 Å². The average molecular weight is 568 g/mol. The summed E-state index contributed by atoms with van der Waals surface area (Å²) in [4.78, 5) is 26.9. The Bertz CT molecular complexity index is 1520. The van der Waals surface area contributed by atoms with Crippen molar-refractivity contribution in [3.63, 3.8) is 0 Å². The molecule has 7 nitrogen and oxygen atoms in total. The predicted octanol–water partition coefficient (Wildman–Crippen LogP) is 7.79. The lowest BCUT2D eigenvalue weighted by atomic mass is 9.91. The molecule has 0 bridgehead atoms. The zero-order valence-corrected chi connectivity index (χ0v) is 26.2. The Morgan fingerprint density at radius 3 is 1.67 bits per heavy atom. The van der Waals surface area contributed by atoms with Crippen molar-refractivity contribution in [3.8, 4) is 45.7 Å². The molecule has 0 fully saturated rings. The molecule has 220 valence electrons. The first-order valence-electron chi connectivity index (χ1n) is 14.4. The number of esters is 1. The predicted molar refractivity (Wildman–Crippen MR) is 167 cm³/mol. The van der Waals surface area contributed by atoms with Crippen LogP contribution in [0.15, 0.2) is 42.5 Å². The maximum Gasteiger partial charge on any atom is 0.311 e. The molecule has 4 rings (SSSR count). The van der Waals surface area contributed by atoms with Crippen molar-refractivity contribution < 1.29 is 19.4 Å². The fourth-order valence-corrected chi connectivity index (χ4v) is 5.21. The number of ether oxygens (including phenoxy) is 2. The molecule has 0 aliphatic rings. The average Bonchev–Trinajstić information content (AvgIpc) is 2.89. The van der Waals surface area contributed by atoms with Gasteiger partial charge in [0.15, 0.2) is 17.5 Å². The van der Waals surface area contributed by atoms with Gasteiger partial charge in [-0.05, 0) is 96.2 Å². The first-order chi connectivity index (χ1) is 19.8. The number of aromatic hydroxyl groups is 1. The van der Waals surface area contributed by atoms with Crippen LogP contribution in [0.4, 0.5) is 0 Å². The number of phenols is 1. The van der Waals surface area contributed by atoms with E-state index in [0.29, 0.717) is 35.2 Å². The zero-order chi connectivity index (χ0) is 30.8.